The van der Waals surface area contributed by atoms with Gasteiger partial charge in [-0.2, -0.15) is 0 Å². The molecule has 0 N–H and O–H groups in total. The van der Waals surface area contributed by atoms with E-state index in [-0.39, 0.29) is 5.91 Å². The van der Waals surface area contributed by atoms with Gasteiger partial charge in [-0.05, 0) is 61.8 Å². The minimum absolute atomic E-state index is 0.197. The first-order valence-electron chi connectivity index (χ1n) is 7.65. The van der Waals surface area contributed by atoms with E-state index >= 15 is 0 Å². The van der Waals surface area contributed by atoms with Crippen molar-refractivity contribution in [3.05, 3.63) is 33.8 Å². The van der Waals surface area contributed by atoms with Crippen molar-refractivity contribution in [3.8, 4) is 0 Å². The highest BCUT2D eigenvalue weighted by Crippen LogP contribution is 2.46. The fraction of sp³-hybridized carbons (Fsp3) is 0.588. The van der Waals surface area contributed by atoms with E-state index < -0.39 is 0 Å². The van der Waals surface area contributed by atoms with Gasteiger partial charge in [-0.25, -0.2) is 0 Å². The molecular formula is C17H22BrNO. The predicted octanol–water partition coefficient (Wildman–Crippen LogP) is 4.55. The number of nitrogens with zero attached hydrogens (tertiary/aromatic N) is 1. The van der Waals surface area contributed by atoms with E-state index in [1.807, 2.05) is 30.0 Å². The monoisotopic (exact) mass is 335 g/mol. The van der Waals surface area contributed by atoms with E-state index in [9.17, 15) is 4.79 Å². The molecule has 1 aromatic carbocycles. The summed E-state index contributed by atoms with van der Waals surface area (Å²) in [5, 5.41) is 0. The molecule has 1 heterocycles. The first-order valence-corrected chi connectivity index (χ1v) is 8.44. The summed E-state index contributed by atoms with van der Waals surface area (Å²) in [5.41, 5.74) is 2.52. The summed E-state index contributed by atoms with van der Waals surface area (Å²) in [5.74, 6) is 0.197. The van der Waals surface area contributed by atoms with Crippen LogP contribution in [0.3, 0.4) is 0 Å². The summed E-state index contributed by atoms with van der Waals surface area (Å²) in [7, 11) is 0. The summed E-state index contributed by atoms with van der Waals surface area (Å²) in [6.07, 6.45) is 7.94. The molecule has 1 aromatic rings. The maximum atomic E-state index is 12.6. The van der Waals surface area contributed by atoms with Gasteiger partial charge in [0.25, 0.3) is 5.91 Å². The lowest BCUT2D eigenvalue weighted by Crippen LogP contribution is -2.42. The standard InChI is InChI=1S/C17H22BrNO/c1-13-10-14(12-15(18)11-13)16(20)19-8-6-17(7-9-19)4-2-3-5-17/h10-12H,2-9H2,1H3. The Kier molecular flexibility index (Phi) is 3.89. The molecule has 3 rings (SSSR count). The molecule has 0 unspecified atom stereocenters. The fourth-order valence-corrected chi connectivity index (χ4v) is 4.46. The number of hydrogen-bond donors (Lipinski definition) is 0. The molecule has 1 aliphatic heterocycles. The maximum Gasteiger partial charge on any atom is 0.253 e. The molecule has 20 heavy (non-hydrogen) atoms. The van der Waals surface area contributed by atoms with Crippen LogP contribution in [-0.4, -0.2) is 23.9 Å². The van der Waals surface area contributed by atoms with Gasteiger partial charge in [-0.3, -0.25) is 4.79 Å². The molecule has 1 aliphatic carbocycles. The van der Waals surface area contributed by atoms with Crippen molar-refractivity contribution in [2.75, 3.05) is 13.1 Å². The third kappa shape index (κ3) is 2.78. The number of likely N-dealkylation sites (tertiary alicyclic amines) is 1. The van der Waals surface area contributed by atoms with Crippen LogP contribution in [0.5, 0.6) is 0 Å². The molecule has 0 bridgehead atoms. The number of benzene rings is 1. The van der Waals surface area contributed by atoms with E-state index in [0.29, 0.717) is 5.41 Å². The SMILES string of the molecule is Cc1cc(Br)cc(C(=O)N2CCC3(CCCC3)CC2)c1. The normalized spacial score (nSPS) is 21.4. The molecule has 1 spiro atoms. The lowest BCUT2D eigenvalue weighted by atomic mass is 9.77. The van der Waals surface area contributed by atoms with Gasteiger partial charge >= 0.3 is 0 Å². The van der Waals surface area contributed by atoms with Crippen molar-refractivity contribution in [3.63, 3.8) is 0 Å². The van der Waals surface area contributed by atoms with Crippen molar-refractivity contribution in [1.82, 2.24) is 4.90 Å². The average Bonchev–Trinajstić information content (AvgIpc) is 2.86. The summed E-state index contributed by atoms with van der Waals surface area (Å²) in [6, 6.07) is 5.98. The Labute approximate surface area is 129 Å². The number of hydrogen-bond acceptors (Lipinski definition) is 1. The Bertz CT molecular complexity index is 489. The van der Waals surface area contributed by atoms with Crippen molar-refractivity contribution < 1.29 is 4.79 Å². The number of amides is 1. The molecule has 2 fully saturated rings. The fourth-order valence-electron chi connectivity index (χ4n) is 3.85. The Hall–Kier alpha value is -0.830. The predicted molar refractivity (Wildman–Crippen MR) is 84.9 cm³/mol. The Morgan fingerprint density at radius 2 is 1.75 bits per heavy atom. The zero-order valence-electron chi connectivity index (χ0n) is 12.1. The molecule has 0 radical (unpaired) electrons. The molecule has 0 aromatic heterocycles. The number of aryl methyl sites for hydroxylation is 1. The number of halogens is 1. The highest BCUT2D eigenvalue weighted by atomic mass is 79.9. The highest BCUT2D eigenvalue weighted by molar-refractivity contribution is 9.10. The van der Waals surface area contributed by atoms with Crippen LogP contribution in [0.1, 0.15) is 54.4 Å². The van der Waals surface area contributed by atoms with E-state index in [4.69, 9.17) is 0 Å². The maximum absolute atomic E-state index is 12.6. The third-order valence-corrected chi connectivity index (χ3v) is 5.52. The van der Waals surface area contributed by atoms with Crippen LogP contribution in [0.4, 0.5) is 0 Å². The first-order chi connectivity index (χ1) is 9.58. The van der Waals surface area contributed by atoms with Gasteiger partial charge in [0.05, 0.1) is 0 Å². The minimum atomic E-state index is 0.197. The molecule has 1 amide bonds. The van der Waals surface area contributed by atoms with Gasteiger partial charge in [0.15, 0.2) is 0 Å². The van der Waals surface area contributed by atoms with Gasteiger partial charge in [0.2, 0.25) is 0 Å². The lowest BCUT2D eigenvalue weighted by molar-refractivity contribution is 0.0587. The minimum Gasteiger partial charge on any atom is -0.339 e. The molecular weight excluding hydrogens is 314 g/mol. The van der Waals surface area contributed by atoms with Crippen molar-refractivity contribution in [1.29, 1.82) is 0 Å². The van der Waals surface area contributed by atoms with Crippen LogP contribution in [0.15, 0.2) is 22.7 Å². The zero-order chi connectivity index (χ0) is 14.2. The van der Waals surface area contributed by atoms with E-state index in [1.165, 1.54) is 38.5 Å². The van der Waals surface area contributed by atoms with Gasteiger partial charge in [0.1, 0.15) is 0 Å². The van der Waals surface area contributed by atoms with Crippen molar-refractivity contribution in [2.45, 2.75) is 45.4 Å². The van der Waals surface area contributed by atoms with E-state index in [0.717, 1.165) is 28.7 Å². The molecule has 3 heteroatoms. The molecule has 1 saturated carbocycles. The molecule has 1 saturated heterocycles. The summed E-state index contributed by atoms with van der Waals surface area (Å²) >= 11 is 3.48. The van der Waals surface area contributed by atoms with Crippen molar-refractivity contribution >= 4 is 21.8 Å². The van der Waals surface area contributed by atoms with Gasteiger partial charge in [0, 0.05) is 23.1 Å². The topological polar surface area (TPSA) is 20.3 Å². The highest BCUT2D eigenvalue weighted by Gasteiger charge is 2.38. The zero-order valence-corrected chi connectivity index (χ0v) is 13.7. The van der Waals surface area contributed by atoms with Gasteiger partial charge in [-0.1, -0.05) is 28.8 Å². The average molecular weight is 336 g/mol. The summed E-state index contributed by atoms with van der Waals surface area (Å²) in [4.78, 5) is 14.7. The molecule has 108 valence electrons. The Morgan fingerprint density at radius 3 is 2.35 bits per heavy atom. The lowest BCUT2D eigenvalue weighted by Gasteiger charge is -2.39. The summed E-state index contributed by atoms with van der Waals surface area (Å²) in [6.45, 7) is 3.90. The van der Waals surface area contributed by atoms with Crippen LogP contribution >= 0.6 is 15.9 Å². The second-order valence-electron chi connectivity index (χ2n) is 6.52. The molecule has 2 aliphatic rings. The quantitative estimate of drug-likeness (QED) is 0.736. The second-order valence-corrected chi connectivity index (χ2v) is 7.43. The van der Waals surface area contributed by atoms with Crippen LogP contribution in [0, 0.1) is 12.3 Å². The smallest absolute Gasteiger partial charge is 0.253 e. The van der Waals surface area contributed by atoms with Crippen LogP contribution in [0.25, 0.3) is 0 Å². The molecule has 0 atom stereocenters. The Balaban J connectivity index is 1.69. The first kappa shape index (κ1) is 14.1. The number of rotatable bonds is 1. The Morgan fingerprint density at radius 1 is 1.10 bits per heavy atom. The van der Waals surface area contributed by atoms with Crippen LogP contribution < -0.4 is 0 Å². The number of carbonyl (C=O) groups excluding carboxylic acids is 1. The third-order valence-electron chi connectivity index (χ3n) is 5.06. The van der Waals surface area contributed by atoms with E-state index in [2.05, 4.69) is 15.9 Å². The van der Waals surface area contributed by atoms with E-state index in [1.54, 1.807) is 0 Å². The van der Waals surface area contributed by atoms with Gasteiger partial charge in [-0.15, -0.1) is 0 Å². The number of carbonyl (C=O) groups is 1. The second kappa shape index (κ2) is 5.51. The number of piperidine rings is 1. The summed E-state index contributed by atoms with van der Waals surface area (Å²) < 4.78 is 0.991. The van der Waals surface area contributed by atoms with Crippen LogP contribution in [-0.2, 0) is 0 Å². The van der Waals surface area contributed by atoms with Gasteiger partial charge < -0.3 is 4.90 Å². The molecule has 2 nitrogen and oxygen atoms in total. The van der Waals surface area contributed by atoms with Crippen molar-refractivity contribution in [2.24, 2.45) is 5.41 Å². The largest absolute Gasteiger partial charge is 0.339 e. The van der Waals surface area contributed by atoms with Crippen LogP contribution in [0.2, 0.25) is 0 Å².